The Morgan fingerprint density at radius 2 is 1.81 bits per heavy atom. The molecule has 0 radical (unpaired) electrons. The van der Waals surface area contributed by atoms with Gasteiger partial charge in [-0.1, -0.05) is 35.9 Å². The smallest absolute Gasteiger partial charge is 0.352 e. The van der Waals surface area contributed by atoms with Gasteiger partial charge in [0.1, 0.15) is 11.4 Å². The Bertz CT molecular complexity index is 1520. The van der Waals surface area contributed by atoms with E-state index >= 15 is 0 Å². The van der Waals surface area contributed by atoms with Crippen LogP contribution in [0, 0.1) is 0 Å². The van der Waals surface area contributed by atoms with E-state index in [-0.39, 0.29) is 34.1 Å². The lowest BCUT2D eigenvalue weighted by Gasteiger charge is -2.10. The van der Waals surface area contributed by atoms with Crippen LogP contribution in [0.15, 0.2) is 78.6 Å². The van der Waals surface area contributed by atoms with Crippen molar-refractivity contribution in [3.63, 3.8) is 0 Å². The van der Waals surface area contributed by atoms with Crippen molar-refractivity contribution in [2.75, 3.05) is 0 Å². The van der Waals surface area contributed by atoms with Crippen molar-refractivity contribution in [2.24, 2.45) is 7.05 Å². The zero-order valence-electron chi connectivity index (χ0n) is 19.2. The van der Waals surface area contributed by atoms with Crippen LogP contribution in [0.4, 0.5) is 0 Å². The van der Waals surface area contributed by atoms with Crippen LogP contribution in [0.1, 0.15) is 31.8 Å². The molecular weight excluding hydrogens is 482 g/mol. The van der Waals surface area contributed by atoms with Crippen LogP contribution in [0.5, 0.6) is 5.75 Å². The van der Waals surface area contributed by atoms with Gasteiger partial charge < -0.3 is 25.4 Å². The summed E-state index contributed by atoms with van der Waals surface area (Å²) < 4.78 is 1.91. The van der Waals surface area contributed by atoms with Gasteiger partial charge in [0.25, 0.3) is 11.8 Å². The van der Waals surface area contributed by atoms with E-state index in [9.17, 15) is 24.6 Å². The number of hydrogen-bond acceptors (Lipinski definition) is 4. The van der Waals surface area contributed by atoms with Gasteiger partial charge in [-0.2, -0.15) is 0 Å². The molecule has 1 aromatic heterocycles. The van der Waals surface area contributed by atoms with Crippen LogP contribution >= 0.6 is 11.6 Å². The maximum absolute atomic E-state index is 12.8. The molecule has 182 valence electrons. The van der Waals surface area contributed by atoms with Gasteiger partial charge in [0.2, 0.25) is 0 Å². The molecule has 3 aromatic carbocycles. The molecule has 0 spiro atoms. The molecule has 0 bridgehead atoms. The van der Waals surface area contributed by atoms with E-state index in [1.807, 2.05) is 36.0 Å². The molecule has 0 saturated heterocycles. The van der Waals surface area contributed by atoms with Gasteiger partial charge in [-0.15, -0.1) is 0 Å². The Morgan fingerprint density at radius 3 is 2.53 bits per heavy atom. The summed E-state index contributed by atoms with van der Waals surface area (Å²) in [6.45, 7) is 0.189. The van der Waals surface area contributed by atoms with E-state index < -0.39 is 17.8 Å². The van der Waals surface area contributed by atoms with Crippen molar-refractivity contribution in [3.8, 4) is 5.75 Å². The fourth-order valence-corrected chi connectivity index (χ4v) is 3.93. The summed E-state index contributed by atoms with van der Waals surface area (Å²) in [5, 5.41) is 25.2. The summed E-state index contributed by atoms with van der Waals surface area (Å²) in [7, 11) is 1.88. The molecule has 0 unspecified atom stereocenters. The zero-order valence-corrected chi connectivity index (χ0v) is 19.9. The first kappa shape index (κ1) is 24.6. The Hall–Kier alpha value is -4.56. The number of aromatic hydroxyl groups is 1. The first-order valence-electron chi connectivity index (χ1n) is 10.9. The van der Waals surface area contributed by atoms with Gasteiger partial charge in [0, 0.05) is 30.9 Å². The maximum Gasteiger partial charge on any atom is 0.352 e. The number of nitrogens with zero attached hydrogens (tertiary/aromatic N) is 1. The van der Waals surface area contributed by atoms with Crippen LogP contribution in [0.2, 0.25) is 5.02 Å². The molecule has 9 heteroatoms. The highest BCUT2D eigenvalue weighted by atomic mass is 35.5. The first-order valence-corrected chi connectivity index (χ1v) is 11.3. The van der Waals surface area contributed by atoms with E-state index in [0.717, 1.165) is 10.9 Å². The second-order valence-corrected chi connectivity index (χ2v) is 8.52. The lowest BCUT2D eigenvalue weighted by Crippen LogP contribution is -2.28. The summed E-state index contributed by atoms with van der Waals surface area (Å²) in [6.07, 6.45) is 3.26. The highest BCUT2D eigenvalue weighted by molar-refractivity contribution is 6.34. The molecule has 0 aliphatic rings. The van der Waals surface area contributed by atoms with Crippen molar-refractivity contribution < 1.29 is 24.6 Å². The van der Waals surface area contributed by atoms with Crippen LogP contribution in [0.25, 0.3) is 17.0 Å². The Morgan fingerprint density at radius 1 is 1.00 bits per heavy atom. The standard InChI is InChI=1S/C27H22ClN3O5/c1-31-10-9-18-6-5-16(13-24(18)31)12-23(27(35)36)30-26(34)21-8-7-19(14-22(21)28)25(33)29-15-17-3-2-4-20(32)11-17/h2-14,32H,15H2,1H3,(H,29,33)(H,30,34)(H,35,36)/b23-12-. The second kappa shape index (κ2) is 10.4. The van der Waals surface area contributed by atoms with Crippen LogP contribution in [-0.4, -0.2) is 32.6 Å². The lowest BCUT2D eigenvalue weighted by molar-refractivity contribution is -0.132. The molecule has 4 rings (SSSR count). The second-order valence-electron chi connectivity index (χ2n) is 8.11. The maximum atomic E-state index is 12.8. The number of phenolic OH excluding ortho intramolecular Hbond substituents is 1. The number of halogens is 1. The van der Waals surface area contributed by atoms with Gasteiger partial charge >= 0.3 is 5.97 Å². The number of rotatable bonds is 7. The Balaban J connectivity index is 1.48. The third-order valence-electron chi connectivity index (χ3n) is 5.54. The third-order valence-corrected chi connectivity index (χ3v) is 5.85. The first-order chi connectivity index (χ1) is 17.2. The largest absolute Gasteiger partial charge is 0.508 e. The van der Waals surface area contributed by atoms with Gasteiger partial charge in [0.15, 0.2) is 0 Å². The molecule has 0 fully saturated rings. The minimum absolute atomic E-state index is 0.00697. The van der Waals surface area contributed by atoms with E-state index in [0.29, 0.717) is 11.1 Å². The minimum atomic E-state index is -1.31. The number of aryl methyl sites for hydroxylation is 1. The molecule has 1 heterocycles. The van der Waals surface area contributed by atoms with Crippen molar-refractivity contribution >= 4 is 46.4 Å². The molecule has 2 amide bonds. The molecular formula is C27H22ClN3O5. The number of fused-ring (bicyclic) bond motifs is 1. The fraction of sp³-hybridized carbons (Fsp3) is 0.0741. The van der Waals surface area contributed by atoms with Gasteiger partial charge in [-0.3, -0.25) is 9.59 Å². The number of phenols is 1. The molecule has 36 heavy (non-hydrogen) atoms. The van der Waals surface area contributed by atoms with E-state index in [4.69, 9.17) is 11.6 Å². The molecule has 8 nitrogen and oxygen atoms in total. The summed E-state index contributed by atoms with van der Waals surface area (Å²) in [5.74, 6) is -2.36. The summed E-state index contributed by atoms with van der Waals surface area (Å²) in [6, 6.07) is 18.0. The van der Waals surface area contributed by atoms with Gasteiger partial charge in [-0.05, 0) is 65.1 Å². The minimum Gasteiger partial charge on any atom is -0.508 e. The van der Waals surface area contributed by atoms with E-state index in [2.05, 4.69) is 10.6 Å². The topological polar surface area (TPSA) is 121 Å². The number of carboxylic acids is 1. The van der Waals surface area contributed by atoms with Crippen LogP contribution in [-0.2, 0) is 18.4 Å². The molecule has 0 aliphatic heterocycles. The van der Waals surface area contributed by atoms with Crippen LogP contribution in [0.3, 0.4) is 0 Å². The normalized spacial score (nSPS) is 11.3. The highest BCUT2D eigenvalue weighted by Gasteiger charge is 2.18. The number of benzene rings is 3. The van der Waals surface area contributed by atoms with Crippen molar-refractivity contribution in [2.45, 2.75) is 6.54 Å². The summed E-state index contributed by atoms with van der Waals surface area (Å²) >= 11 is 6.26. The number of carbonyl (C=O) groups is 3. The number of aromatic nitrogens is 1. The molecule has 4 N–H and O–H groups in total. The molecule has 0 saturated carbocycles. The van der Waals surface area contributed by atoms with Crippen molar-refractivity contribution in [3.05, 3.63) is 106 Å². The monoisotopic (exact) mass is 503 g/mol. The quantitative estimate of drug-likeness (QED) is 0.280. The van der Waals surface area contributed by atoms with Crippen molar-refractivity contribution in [1.29, 1.82) is 0 Å². The van der Waals surface area contributed by atoms with Crippen LogP contribution < -0.4 is 10.6 Å². The Kier molecular flexibility index (Phi) is 7.07. The number of amides is 2. The summed E-state index contributed by atoms with van der Waals surface area (Å²) in [4.78, 5) is 37.1. The SMILES string of the molecule is Cn1ccc2ccc(/C=C(\NC(=O)c3ccc(C(=O)NCc4cccc(O)c4)cc3Cl)C(=O)O)cc21. The third kappa shape index (κ3) is 5.56. The Labute approximate surface area is 211 Å². The predicted molar refractivity (Wildman–Crippen MR) is 137 cm³/mol. The van der Waals surface area contributed by atoms with E-state index in [1.165, 1.54) is 36.4 Å². The fourth-order valence-electron chi connectivity index (χ4n) is 3.67. The molecule has 0 atom stereocenters. The molecule has 4 aromatic rings. The zero-order chi connectivity index (χ0) is 25.8. The average molecular weight is 504 g/mol. The van der Waals surface area contributed by atoms with Crippen molar-refractivity contribution in [1.82, 2.24) is 15.2 Å². The average Bonchev–Trinajstić information content (AvgIpc) is 3.22. The molecule has 0 aliphatic carbocycles. The number of carboxylic acid groups (broad SMARTS) is 1. The van der Waals surface area contributed by atoms with Gasteiger partial charge in [-0.25, -0.2) is 4.79 Å². The predicted octanol–water partition coefficient (Wildman–Crippen LogP) is 4.32. The number of aliphatic carboxylic acids is 1. The lowest BCUT2D eigenvalue weighted by atomic mass is 10.1. The highest BCUT2D eigenvalue weighted by Crippen LogP contribution is 2.21. The van der Waals surface area contributed by atoms with E-state index in [1.54, 1.807) is 18.2 Å². The number of nitrogens with one attached hydrogen (secondary N) is 2. The van der Waals surface area contributed by atoms with Gasteiger partial charge in [0.05, 0.1) is 10.6 Å². The number of hydrogen-bond donors (Lipinski definition) is 4. The number of carbonyl (C=O) groups excluding carboxylic acids is 2. The summed E-state index contributed by atoms with van der Waals surface area (Å²) in [5.41, 5.74) is 2.16.